The van der Waals surface area contributed by atoms with Gasteiger partial charge < -0.3 is 10.5 Å². The summed E-state index contributed by atoms with van der Waals surface area (Å²) >= 11 is 6.12. The molecule has 0 radical (unpaired) electrons. The fourth-order valence-corrected chi connectivity index (χ4v) is 2.51. The highest BCUT2D eigenvalue weighted by molar-refractivity contribution is 6.31. The second-order valence-electron chi connectivity index (χ2n) is 6.14. The van der Waals surface area contributed by atoms with Gasteiger partial charge in [0.05, 0.1) is 25.1 Å². The van der Waals surface area contributed by atoms with Gasteiger partial charge in [0.2, 0.25) is 0 Å². The molecule has 0 amide bonds. The molecule has 0 aliphatic heterocycles. The number of halogens is 1. The van der Waals surface area contributed by atoms with Gasteiger partial charge >= 0.3 is 0 Å². The van der Waals surface area contributed by atoms with E-state index in [1.807, 2.05) is 31.2 Å². The van der Waals surface area contributed by atoms with Gasteiger partial charge in [0.25, 0.3) is 0 Å². The van der Waals surface area contributed by atoms with Crippen LogP contribution in [-0.2, 0) is 17.8 Å². The third-order valence-corrected chi connectivity index (χ3v) is 4.36. The van der Waals surface area contributed by atoms with Crippen LogP contribution in [0.1, 0.15) is 29.2 Å². The highest BCUT2D eigenvalue weighted by atomic mass is 35.5. The molecular formula is C20H25ClN2O. The summed E-state index contributed by atoms with van der Waals surface area (Å²) in [7, 11) is 0. The van der Waals surface area contributed by atoms with E-state index in [9.17, 15) is 0 Å². The molecule has 0 aromatic heterocycles. The maximum Gasteiger partial charge on any atom is 0.0982 e. The van der Waals surface area contributed by atoms with Crippen molar-refractivity contribution < 1.29 is 4.74 Å². The molecule has 24 heavy (non-hydrogen) atoms. The van der Waals surface area contributed by atoms with Gasteiger partial charge in [-0.1, -0.05) is 48.0 Å². The summed E-state index contributed by atoms with van der Waals surface area (Å²) in [6.07, 6.45) is 0.651. The van der Waals surface area contributed by atoms with Crippen molar-refractivity contribution in [1.29, 1.82) is 0 Å². The standard InChI is InChI=1S/C20H25ClN2O/c1-14-8-9-17(10-15(14)2)11-20(22)23-12-16(3)24-13-18-6-4-5-7-19(18)21/h4-10,16H,11-13H2,1-3H3,(H2,22,23). The number of nitrogens with two attached hydrogens (primary N) is 1. The van der Waals surface area contributed by atoms with Gasteiger partial charge in [-0.25, -0.2) is 0 Å². The Morgan fingerprint density at radius 3 is 2.62 bits per heavy atom. The Hall–Kier alpha value is -1.84. The highest BCUT2D eigenvalue weighted by Gasteiger charge is 2.05. The number of nitrogens with zero attached hydrogens (tertiary/aromatic N) is 1. The molecule has 0 saturated heterocycles. The van der Waals surface area contributed by atoms with Crippen molar-refractivity contribution in [3.63, 3.8) is 0 Å². The van der Waals surface area contributed by atoms with E-state index in [2.05, 4.69) is 37.0 Å². The number of ether oxygens (including phenoxy) is 1. The van der Waals surface area contributed by atoms with Crippen LogP contribution in [0, 0.1) is 13.8 Å². The second kappa shape index (κ2) is 8.86. The number of amidine groups is 1. The summed E-state index contributed by atoms with van der Waals surface area (Å²) in [4.78, 5) is 4.44. The van der Waals surface area contributed by atoms with Crippen molar-refractivity contribution >= 4 is 17.4 Å². The fraction of sp³-hybridized carbons (Fsp3) is 0.350. The van der Waals surface area contributed by atoms with Gasteiger partial charge in [-0.3, -0.25) is 4.99 Å². The van der Waals surface area contributed by atoms with Crippen LogP contribution in [0.4, 0.5) is 0 Å². The van der Waals surface area contributed by atoms with Gasteiger partial charge in [0.1, 0.15) is 0 Å². The van der Waals surface area contributed by atoms with Crippen LogP contribution >= 0.6 is 11.6 Å². The maximum absolute atomic E-state index is 6.12. The first-order valence-corrected chi connectivity index (χ1v) is 8.53. The van der Waals surface area contributed by atoms with Crippen LogP contribution in [0.3, 0.4) is 0 Å². The average Bonchev–Trinajstić information content (AvgIpc) is 2.55. The van der Waals surface area contributed by atoms with Gasteiger partial charge in [-0.15, -0.1) is 0 Å². The Morgan fingerprint density at radius 2 is 1.92 bits per heavy atom. The van der Waals surface area contributed by atoms with Crippen LogP contribution in [0.15, 0.2) is 47.5 Å². The zero-order valence-corrected chi connectivity index (χ0v) is 15.3. The molecule has 0 aliphatic rings. The summed E-state index contributed by atoms with van der Waals surface area (Å²) in [6, 6.07) is 14.1. The molecule has 3 nitrogen and oxygen atoms in total. The van der Waals surface area contributed by atoms with E-state index in [0.29, 0.717) is 25.4 Å². The number of aryl methyl sites for hydroxylation is 2. The van der Waals surface area contributed by atoms with E-state index >= 15 is 0 Å². The largest absolute Gasteiger partial charge is 0.387 e. The quantitative estimate of drug-likeness (QED) is 0.595. The lowest BCUT2D eigenvalue weighted by molar-refractivity contribution is 0.0593. The van der Waals surface area contributed by atoms with Crippen molar-refractivity contribution in [3.05, 3.63) is 69.7 Å². The maximum atomic E-state index is 6.12. The average molecular weight is 345 g/mol. The third kappa shape index (κ3) is 5.66. The summed E-state index contributed by atoms with van der Waals surface area (Å²) < 4.78 is 5.80. The predicted molar refractivity (Wildman–Crippen MR) is 102 cm³/mol. The lowest BCUT2D eigenvalue weighted by Gasteiger charge is -2.12. The lowest BCUT2D eigenvalue weighted by atomic mass is 10.0. The molecule has 1 unspecified atom stereocenters. The lowest BCUT2D eigenvalue weighted by Crippen LogP contribution is -2.19. The number of hydrogen-bond donors (Lipinski definition) is 1. The van der Waals surface area contributed by atoms with E-state index < -0.39 is 0 Å². The molecule has 0 bridgehead atoms. The summed E-state index contributed by atoms with van der Waals surface area (Å²) in [5.41, 5.74) is 10.8. The van der Waals surface area contributed by atoms with E-state index in [-0.39, 0.29) is 6.10 Å². The molecule has 2 N–H and O–H groups in total. The molecule has 1 atom stereocenters. The second-order valence-corrected chi connectivity index (χ2v) is 6.55. The first kappa shape index (κ1) is 18.5. The number of rotatable bonds is 7. The number of hydrogen-bond acceptors (Lipinski definition) is 2. The smallest absolute Gasteiger partial charge is 0.0982 e. The normalized spacial score (nSPS) is 13.1. The molecular weight excluding hydrogens is 320 g/mol. The van der Waals surface area contributed by atoms with E-state index in [0.717, 1.165) is 10.6 Å². The Balaban J connectivity index is 1.83. The van der Waals surface area contributed by atoms with Gasteiger partial charge in [0.15, 0.2) is 0 Å². The molecule has 4 heteroatoms. The zero-order chi connectivity index (χ0) is 17.5. The first-order valence-electron chi connectivity index (χ1n) is 8.15. The van der Waals surface area contributed by atoms with Crippen molar-refractivity contribution in [2.24, 2.45) is 10.7 Å². The molecule has 0 heterocycles. The van der Waals surface area contributed by atoms with Crippen LogP contribution in [0.25, 0.3) is 0 Å². The number of benzene rings is 2. The molecule has 128 valence electrons. The fourth-order valence-electron chi connectivity index (χ4n) is 2.32. The third-order valence-electron chi connectivity index (χ3n) is 3.99. The van der Waals surface area contributed by atoms with Gasteiger partial charge in [-0.05, 0) is 49.1 Å². The van der Waals surface area contributed by atoms with Crippen molar-refractivity contribution in [1.82, 2.24) is 0 Å². The number of aliphatic imine (C=N–C) groups is 1. The molecule has 0 aliphatic carbocycles. The minimum absolute atomic E-state index is 0.0143. The zero-order valence-electron chi connectivity index (χ0n) is 14.6. The van der Waals surface area contributed by atoms with Crippen LogP contribution in [0.5, 0.6) is 0 Å². The van der Waals surface area contributed by atoms with Crippen LogP contribution in [-0.4, -0.2) is 18.5 Å². The van der Waals surface area contributed by atoms with E-state index in [4.69, 9.17) is 22.1 Å². The summed E-state index contributed by atoms with van der Waals surface area (Å²) in [6.45, 7) is 7.23. The van der Waals surface area contributed by atoms with Crippen LogP contribution in [0.2, 0.25) is 5.02 Å². The molecule has 2 aromatic carbocycles. The summed E-state index contributed by atoms with van der Waals surface area (Å²) in [5, 5.41) is 0.724. The Morgan fingerprint density at radius 1 is 1.17 bits per heavy atom. The van der Waals surface area contributed by atoms with E-state index in [1.165, 1.54) is 16.7 Å². The highest BCUT2D eigenvalue weighted by Crippen LogP contribution is 2.16. The van der Waals surface area contributed by atoms with Crippen molar-refractivity contribution in [2.75, 3.05) is 6.54 Å². The molecule has 0 spiro atoms. The predicted octanol–water partition coefficient (Wildman–Crippen LogP) is 4.46. The molecule has 2 aromatic rings. The van der Waals surface area contributed by atoms with Crippen molar-refractivity contribution in [2.45, 2.75) is 39.9 Å². The Labute approximate surface area is 149 Å². The SMILES string of the molecule is Cc1ccc(CC(N)=NCC(C)OCc2ccccc2Cl)cc1C. The van der Waals surface area contributed by atoms with Gasteiger partial charge in [-0.2, -0.15) is 0 Å². The first-order chi connectivity index (χ1) is 11.5. The van der Waals surface area contributed by atoms with Crippen molar-refractivity contribution in [3.8, 4) is 0 Å². The Kier molecular flexibility index (Phi) is 6.83. The minimum atomic E-state index is -0.0143. The molecule has 0 fully saturated rings. The monoisotopic (exact) mass is 344 g/mol. The molecule has 0 saturated carbocycles. The Bertz CT molecular complexity index is 713. The minimum Gasteiger partial charge on any atom is -0.387 e. The van der Waals surface area contributed by atoms with E-state index in [1.54, 1.807) is 0 Å². The van der Waals surface area contributed by atoms with Gasteiger partial charge in [0, 0.05) is 11.4 Å². The van der Waals surface area contributed by atoms with Crippen LogP contribution < -0.4 is 5.73 Å². The summed E-state index contributed by atoms with van der Waals surface area (Å²) in [5.74, 6) is 0.631. The topological polar surface area (TPSA) is 47.6 Å². The molecule has 2 rings (SSSR count).